The lowest BCUT2D eigenvalue weighted by molar-refractivity contribution is -0.123. The molecule has 7 nitrogen and oxygen atoms in total. The Morgan fingerprint density at radius 3 is 2.28 bits per heavy atom. The van der Waals surface area contributed by atoms with Crippen molar-refractivity contribution in [2.45, 2.75) is 6.92 Å². The summed E-state index contributed by atoms with van der Waals surface area (Å²) in [6, 6.07) is 18.9. The smallest absolute Gasteiger partial charge is 0.276 e. The number of halogens is 2. The van der Waals surface area contributed by atoms with E-state index in [2.05, 4.69) is 48.0 Å². The number of hydrogen-bond acceptors (Lipinski definition) is 4. The van der Waals surface area contributed by atoms with Crippen molar-refractivity contribution < 1.29 is 19.1 Å². The lowest BCUT2D eigenvalue weighted by Gasteiger charge is -2.11. The fourth-order valence-electron chi connectivity index (χ4n) is 2.70. The Morgan fingerprint density at radius 1 is 0.875 bits per heavy atom. The molecule has 32 heavy (non-hydrogen) atoms. The number of nitrogens with one attached hydrogen (secondary N) is 3. The molecule has 0 saturated heterocycles. The number of aryl methyl sites for hydroxylation is 1. The maximum atomic E-state index is 12.4. The SMILES string of the molecule is Cc1ccccc1C(=O)Nc1ccc(C(=O)NNC(=O)COc2ccc(Br)cc2Br)cc1. The van der Waals surface area contributed by atoms with Crippen molar-refractivity contribution in [3.05, 3.63) is 92.4 Å². The van der Waals surface area contributed by atoms with Crippen molar-refractivity contribution in [3.8, 4) is 5.75 Å². The van der Waals surface area contributed by atoms with E-state index in [1.807, 2.05) is 19.1 Å². The van der Waals surface area contributed by atoms with Crippen molar-refractivity contribution >= 4 is 55.3 Å². The van der Waals surface area contributed by atoms with Gasteiger partial charge in [0.15, 0.2) is 6.61 Å². The minimum absolute atomic E-state index is 0.232. The second kappa shape index (κ2) is 10.9. The van der Waals surface area contributed by atoms with Gasteiger partial charge in [0.1, 0.15) is 5.75 Å². The van der Waals surface area contributed by atoms with Gasteiger partial charge >= 0.3 is 0 Å². The van der Waals surface area contributed by atoms with Crippen molar-refractivity contribution in [3.63, 3.8) is 0 Å². The van der Waals surface area contributed by atoms with E-state index < -0.39 is 11.8 Å². The Kier molecular flexibility index (Phi) is 8.02. The van der Waals surface area contributed by atoms with Gasteiger partial charge in [-0.05, 0) is 76.9 Å². The second-order valence-electron chi connectivity index (χ2n) is 6.71. The van der Waals surface area contributed by atoms with Crippen molar-refractivity contribution in [2.75, 3.05) is 11.9 Å². The molecule has 3 N–H and O–H groups in total. The van der Waals surface area contributed by atoms with Crippen molar-refractivity contribution in [1.29, 1.82) is 0 Å². The molecule has 0 heterocycles. The second-order valence-corrected chi connectivity index (χ2v) is 8.48. The Hall–Kier alpha value is -3.17. The van der Waals surface area contributed by atoms with Gasteiger partial charge in [-0.2, -0.15) is 0 Å². The molecule has 3 amide bonds. The van der Waals surface area contributed by atoms with Crippen LogP contribution in [-0.4, -0.2) is 24.3 Å². The number of hydrazine groups is 1. The average molecular weight is 561 g/mol. The number of anilines is 1. The summed E-state index contributed by atoms with van der Waals surface area (Å²) in [6.45, 7) is 1.59. The number of ether oxygens (including phenoxy) is 1. The highest BCUT2D eigenvalue weighted by Gasteiger charge is 2.11. The molecule has 0 saturated carbocycles. The maximum absolute atomic E-state index is 12.4. The van der Waals surface area contributed by atoms with E-state index in [1.54, 1.807) is 54.6 Å². The van der Waals surface area contributed by atoms with Gasteiger partial charge in [0.25, 0.3) is 17.7 Å². The van der Waals surface area contributed by atoms with Crippen LogP contribution in [0.5, 0.6) is 5.75 Å². The molecule has 0 unspecified atom stereocenters. The number of carbonyl (C=O) groups excluding carboxylic acids is 3. The molecule has 0 spiro atoms. The van der Waals surface area contributed by atoms with Crippen LogP contribution in [0.3, 0.4) is 0 Å². The molecule has 164 valence electrons. The first-order valence-electron chi connectivity index (χ1n) is 9.47. The minimum atomic E-state index is -0.518. The lowest BCUT2D eigenvalue weighted by atomic mass is 10.1. The van der Waals surface area contributed by atoms with Crippen LogP contribution >= 0.6 is 31.9 Å². The number of amides is 3. The standard InChI is InChI=1S/C23H19Br2N3O4/c1-14-4-2-3-5-18(14)23(31)26-17-9-6-15(7-10-17)22(30)28-27-21(29)13-32-20-11-8-16(24)12-19(20)25/h2-12H,13H2,1H3,(H,26,31)(H,27,29)(H,28,30). The molecule has 0 radical (unpaired) electrons. The zero-order valence-corrected chi connectivity index (χ0v) is 20.1. The van der Waals surface area contributed by atoms with Crippen molar-refractivity contribution in [2.24, 2.45) is 0 Å². The normalized spacial score (nSPS) is 10.2. The average Bonchev–Trinajstić information content (AvgIpc) is 2.77. The number of benzene rings is 3. The molecule has 0 aromatic heterocycles. The largest absolute Gasteiger partial charge is 0.483 e. The Balaban J connectivity index is 1.48. The third kappa shape index (κ3) is 6.41. The zero-order valence-electron chi connectivity index (χ0n) is 16.9. The molecule has 3 rings (SSSR count). The van der Waals surface area contributed by atoms with E-state index in [4.69, 9.17) is 4.74 Å². The summed E-state index contributed by atoms with van der Waals surface area (Å²) in [5.74, 6) is -0.752. The summed E-state index contributed by atoms with van der Waals surface area (Å²) in [6.07, 6.45) is 0. The molecule has 0 fully saturated rings. The van der Waals surface area contributed by atoms with Crippen LogP contribution in [0.25, 0.3) is 0 Å². The molecule has 0 bridgehead atoms. The highest BCUT2D eigenvalue weighted by molar-refractivity contribution is 9.11. The summed E-state index contributed by atoms with van der Waals surface area (Å²) in [4.78, 5) is 36.6. The number of hydrogen-bond donors (Lipinski definition) is 3. The number of carbonyl (C=O) groups is 3. The topological polar surface area (TPSA) is 96.5 Å². The molecule has 3 aromatic carbocycles. The van der Waals surface area contributed by atoms with E-state index in [1.165, 1.54) is 0 Å². The third-order valence-electron chi connectivity index (χ3n) is 4.36. The minimum Gasteiger partial charge on any atom is -0.483 e. The predicted molar refractivity (Wildman–Crippen MR) is 129 cm³/mol. The lowest BCUT2D eigenvalue weighted by Crippen LogP contribution is -2.43. The fraction of sp³-hybridized carbons (Fsp3) is 0.0870. The quantitative estimate of drug-likeness (QED) is 0.383. The summed E-state index contributed by atoms with van der Waals surface area (Å²) in [5, 5.41) is 2.79. The molecule has 0 aliphatic carbocycles. The van der Waals surface area contributed by atoms with Gasteiger partial charge in [-0.15, -0.1) is 0 Å². The molecule has 0 aliphatic rings. The van der Waals surface area contributed by atoms with Gasteiger partial charge in [-0.3, -0.25) is 25.2 Å². The van der Waals surface area contributed by atoms with Crippen LogP contribution in [0.15, 0.2) is 75.7 Å². The molecule has 3 aromatic rings. The first-order chi connectivity index (χ1) is 15.3. The van der Waals surface area contributed by atoms with Crippen LogP contribution in [0, 0.1) is 6.92 Å². The van der Waals surface area contributed by atoms with Crippen LogP contribution in [0.2, 0.25) is 0 Å². The van der Waals surface area contributed by atoms with E-state index in [0.717, 1.165) is 10.0 Å². The molecular formula is C23H19Br2N3O4. The van der Waals surface area contributed by atoms with Gasteiger partial charge in [0.05, 0.1) is 4.47 Å². The predicted octanol–water partition coefficient (Wildman–Crippen LogP) is 4.61. The maximum Gasteiger partial charge on any atom is 0.276 e. The van der Waals surface area contributed by atoms with Gasteiger partial charge in [-0.1, -0.05) is 34.1 Å². The van der Waals surface area contributed by atoms with Crippen molar-refractivity contribution in [1.82, 2.24) is 10.9 Å². The summed E-state index contributed by atoms with van der Waals surface area (Å²) in [5.41, 5.74) is 6.94. The van der Waals surface area contributed by atoms with Crippen LogP contribution in [0.4, 0.5) is 5.69 Å². The molecule has 0 atom stereocenters. The van der Waals surface area contributed by atoms with E-state index in [9.17, 15) is 14.4 Å². The Bertz CT molecular complexity index is 1150. The Labute approximate surface area is 201 Å². The molecule has 0 aliphatic heterocycles. The summed E-state index contributed by atoms with van der Waals surface area (Å²) in [7, 11) is 0. The highest BCUT2D eigenvalue weighted by atomic mass is 79.9. The van der Waals surface area contributed by atoms with Gasteiger partial charge < -0.3 is 10.1 Å². The fourth-order valence-corrected chi connectivity index (χ4v) is 3.86. The number of rotatable bonds is 6. The van der Waals surface area contributed by atoms with Gasteiger partial charge in [0.2, 0.25) is 0 Å². The third-order valence-corrected chi connectivity index (χ3v) is 5.48. The zero-order chi connectivity index (χ0) is 23.1. The van der Waals surface area contributed by atoms with Gasteiger partial charge in [0, 0.05) is 21.3 Å². The van der Waals surface area contributed by atoms with Crippen LogP contribution in [0.1, 0.15) is 26.3 Å². The van der Waals surface area contributed by atoms with E-state index in [0.29, 0.717) is 27.0 Å². The van der Waals surface area contributed by atoms with Gasteiger partial charge in [-0.25, -0.2) is 0 Å². The van der Waals surface area contributed by atoms with Crippen LogP contribution < -0.4 is 20.9 Å². The highest BCUT2D eigenvalue weighted by Crippen LogP contribution is 2.28. The van der Waals surface area contributed by atoms with Crippen LogP contribution in [-0.2, 0) is 4.79 Å². The Morgan fingerprint density at radius 2 is 1.59 bits per heavy atom. The summed E-state index contributed by atoms with van der Waals surface area (Å²) < 4.78 is 6.98. The van der Waals surface area contributed by atoms with E-state index >= 15 is 0 Å². The molecule has 9 heteroatoms. The monoisotopic (exact) mass is 559 g/mol. The van der Waals surface area contributed by atoms with E-state index in [-0.39, 0.29) is 12.5 Å². The first-order valence-corrected chi connectivity index (χ1v) is 11.1. The molecular weight excluding hydrogens is 542 g/mol. The first kappa shape index (κ1) is 23.5. The summed E-state index contributed by atoms with van der Waals surface area (Å²) >= 11 is 6.68.